The lowest BCUT2D eigenvalue weighted by Gasteiger charge is -2.19. The molecule has 1 N–H and O–H groups in total. The minimum atomic E-state index is -0.345. The molecule has 0 fully saturated rings. The molecule has 0 radical (unpaired) electrons. The summed E-state index contributed by atoms with van der Waals surface area (Å²) in [7, 11) is 1.87. The predicted octanol–water partition coefficient (Wildman–Crippen LogP) is 4.68. The van der Waals surface area contributed by atoms with E-state index >= 15 is 0 Å². The summed E-state index contributed by atoms with van der Waals surface area (Å²) in [5.74, 6) is -0.246. The molecule has 0 aliphatic rings. The molecule has 0 spiro atoms. The van der Waals surface area contributed by atoms with E-state index < -0.39 is 0 Å². The van der Waals surface area contributed by atoms with Gasteiger partial charge in [-0.25, -0.2) is 4.39 Å². The van der Waals surface area contributed by atoms with Crippen LogP contribution in [-0.2, 0) is 6.42 Å². The highest BCUT2D eigenvalue weighted by Crippen LogP contribution is 2.29. The molecule has 0 bridgehead atoms. The number of nitrogens with one attached hydrogen (secondary N) is 1. The standard InChI is InChI=1S/C16H16Cl2FN/c1-20-10-12(13-6-2-3-7-14(13)17)9-11-5-4-8-15(18)16(11)19/h2-8,12,20H,9-10H2,1H3. The van der Waals surface area contributed by atoms with Crippen molar-refractivity contribution in [2.75, 3.05) is 13.6 Å². The van der Waals surface area contributed by atoms with E-state index in [-0.39, 0.29) is 16.8 Å². The van der Waals surface area contributed by atoms with E-state index in [1.807, 2.05) is 31.3 Å². The first-order chi connectivity index (χ1) is 9.63. The summed E-state index contributed by atoms with van der Waals surface area (Å²) in [6.45, 7) is 0.718. The van der Waals surface area contributed by atoms with Crippen LogP contribution in [0.4, 0.5) is 4.39 Å². The minimum Gasteiger partial charge on any atom is -0.319 e. The van der Waals surface area contributed by atoms with Crippen LogP contribution < -0.4 is 5.32 Å². The number of likely N-dealkylation sites (N-methyl/N-ethyl adjacent to an activating group) is 1. The van der Waals surface area contributed by atoms with Gasteiger partial charge in [0.15, 0.2) is 0 Å². The summed E-state index contributed by atoms with van der Waals surface area (Å²) >= 11 is 12.1. The maximum atomic E-state index is 14.0. The third-order valence-electron chi connectivity index (χ3n) is 3.29. The summed E-state index contributed by atoms with van der Waals surface area (Å²) in [6.07, 6.45) is 0.553. The van der Waals surface area contributed by atoms with E-state index in [0.717, 1.165) is 12.1 Å². The first-order valence-corrected chi connectivity index (χ1v) is 7.21. The lowest BCUT2D eigenvalue weighted by Crippen LogP contribution is -2.20. The number of halogens is 3. The Balaban J connectivity index is 2.31. The van der Waals surface area contributed by atoms with Crippen molar-refractivity contribution >= 4 is 23.2 Å². The average Bonchev–Trinajstić information content (AvgIpc) is 2.44. The summed E-state index contributed by atoms with van der Waals surface area (Å²) in [5.41, 5.74) is 1.63. The van der Waals surface area contributed by atoms with Gasteiger partial charge in [-0.15, -0.1) is 0 Å². The van der Waals surface area contributed by atoms with Gasteiger partial charge in [-0.05, 0) is 36.7 Å². The van der Waals surface area contributed by atoms with Crippen molar-refractivity contribution in [1.82, 2.24) is 5.32 Å². The zero-order valence-corrected chi connectivity index (χ0v) is 12.7. The summed E-state index contributed by atoms with van der Waals surface area (Å²) in [5, 5.41) is 3.99. The molecule has 20 heavy (non-hydrogen) atoms. The largest absolute Gasteiger partial charge is 0.319 e. The molecule has 0 amide bonds. The lowest BCUT2D eigenvalue weighted by atomic mass is 9.91. The van der Waals surface area contributed by atoms with Gasteiger partial charge in [0.2, 0.25) is 0 Å². The molecule has 1 nitrogen and oxygen atoms in total. The monoisotopic (exact) mass is 311 g/mol. The fourth-order valence-electron chi connectivity index (χ4n) is 2.32. The third-order valence-corrected chi connectivity index (χ3v) is 3.93. The van der Waals surface area contributed by atoms with Gasteiger partial charge in [0.1, 0.15) is 5.82 Å². The van der Waals surface area contributed by atoms with E-state index in [2.05, 4.69) is 5.32 Å². The van der Waals surface area contributed by atoms with Gasteiger partial charge in [0.25, 0.3) is 0 Å². The minimum absolute atomic E-state index is 0.0988. The molecule has 0 aliphatic carbocycles. The van der Waals surface area contributed by atoms with Crippen LogP contribution in [0.15, 0.2) is 42.5 Å². The first kappa shape index (κ1) is 15.3. The van der Waals surface area contributed by atoms with Crippen molar-refractivity contribution in [3.8, 4) is 0 Å². The van der Waals surface area contributed by atoms with Gasteiger partial charge in [-0.3, -0.25) is 0 Å². The molecule has 0 aliphatic heterocycles. The summed E-state index contributed by atoms with van der Waals surface area (Å²) < 4.78 is 14.0. The Morgan fingerprint density at radius 3 is 2.45 bits per heavy atom. The van der Waals surface area contributed by atoms with Gasteiger partial charge in [-0.2, -0.15) is 0 Å². The topological polar surface area (TPSA) is 12.0 Å². The van der Waals surface area contributed by atoms with Crippen LogP contribution in [0.5, 0.6) is 0 Å². The molecule has 2 aromatic rings. The van der Waals surface area contributed by atoms with Crippen molar-refractivity contribution in [3.63, 3.8) is 0 Å². The Morgan fingerprint density at radius 1 is 1.05 bits per heavy atom. The van der Waals surface area contributed by atoms with Crippen LogP contribution in [0.1, 0.15) is 17.0 Å². The van der Waals surface area contributed by atoms with Gasteiger partial charge in [0, 0.05) is 17.5 Å². The molecule has 0 heterocycles. The molecule has 1 unspecified atom stereocenters. The maximum Gasteiger partial charge on any atom is 0.144 e. The van der Waals surface area contributed by atoms with E-state index in [9.17, 15) is 4.39 Å². The highest BCUT2D eigenvalue weighted by atomic mass is 35.5. The molecule has 0 saturated heterocycles. The zero-order chi connectivity index (χ0) is 14.5. The molecule has 1 atom stereocenters. The predicted molar refractivity (Wildman–Crippen MR) is 83.2 cm³/mol. The first-order valence-electron chi connectivity index (χ1n) is 6.45. The van der Waals surface area contributed by atoms with E-state index in [4.69, 9.17) is 23.2 Å². The Hall–Kier alpha value is -1.09. The van der Waals surface area contributed by atoms with Crippen molar-refractivity contribution in [3.05, 3.63) is 69.5 Å². The molecular weight excluding hydrogens is 296 g/mol. The Labute approximate surface area is 128 Å². The Morgan fingerprint density at radius 2 is 1.75 bits per heavy atom. The average molecular weight is 312 g/mol. The normalized spacial score (nSPS) is 12.4. The molecule has 0 aromatic heterocycles. The maximum absolute atomic E-state index is 14.0. The van der Waals surface area contributed by atoms with Gasteiger partial charge in [0.05, 0.1) is 5.02 Å². The van der Waals surface area contributed by atoms with Crippen molar-refractivity contribution in [1.29, 1.82) is 0 Å². The van der Waals surface area contributed by atoms with E-state index in [0.29, 0.717) is 17.0 Å². The van der Waals surface area contributed by atoms with Gasteiger partial charge >= 0.3 is 0 Å². The smallest absolute Gasteiger partial charge is 0.144 e. The van der Waals surface area contributed by atoms with Gasteiger partial charge < -0.3 is 5.32 Å². The third kappa shape index (κ3) is 3.51. The SMILES string of the molecule is CNCC(Cc1cccc(Cl)c1F)c1ccccc1Cl. The number of hydrogen-bond donors (Lipinski definition) is 1. The molecule has 2 rings (SSSR count). The van der Waals surface area contributed by atoms with E-state index in [1.165, 1.54) is 0 Å². The van der Waals surface area contributed by atoms with Crippen LogP contribution >= 0.6 is 23.2 Å². The summed E-state index contributed by atoms with van der Waals surface area (Å²) in [6, 6.07) is 12.8. The highest BCUT2D eigenvalue weighted by molar-refractivity contribution is 6.31. The Bertz CT molecular complexity index is 586. The fourth-order valence-corrected chi connectivity index (χ4v) is 2.80. The molecule has 0 saturated carbocycles. The lowest BCUT2D eigenvalue weighted by molar-refractivity contribution is 0.575. The fraction of sp³-hybridized carbons (Fsp3) is 0.250. The van der Waals surface area contributed by atoms with E-state index in [1.54, 1.807) is 18.2 Å². The second-order valence-electron chi connectivity index (χ2n) is 4.69. The van der Waals surface area contributed by atoms with Crippen LogP contribution in [-0.4, -0.2) is 13.6 Å². The molecule has 2 aromatic carbocycles. The van der Waals surface area contributed by atoms with Crippen molar-refractivity contribution in [2.24, 2.45) is 0 Å². The van der Waals surface area contributed by atoms with Crippen LogP contribution in [0.25, 0.3) is 0 Å². The van der Waals surface area contributed by atoms with Crippen LogP contribution in [0.3, 0.4) is 0 Å². The van der Waals surface area contributed by atoms with Crippen LogP contribution in [0.2, 0.25) is 10.0 Å². The van der Waals surface area contributed by atoms with Gasteiger partial charge in [-0.1, -0.05) is 53.5 Å². The quantitative estimate of drug-likeness (QED) is 0.845. The highest BCUT2D eigenvalue weighted by Gasteiger charge is 2.17. The second kappa shape index (κ2) is 7.07. The molecule has 106 valence electrons. The number of benzene rings is 2. The summed E-state index contributed by atoms with van der Waals surface area (Å²) in [4.78, 5) is 0. The van der Waals surface area contributed by atoms with Crippen LogP contribution in [0, 0.1) is 5.82 Å². The van der Waals surface area contributed by atoms with Crippen molar-refractivity contribution in [2.45, 2.75) is 12.3 Å². The Kier molecular flexibility index (Phi) is 5.41. The molecule has 4 heteroatoms. The number of hydrogen-bond acceptors (Lipinski definition) is 1. The van der Waals surface area contributed by atoms with Crippen molar-refractivity contribution < 1.29 is 4.39 Å². The number of rotatable bonds is 5. The second-order valence-corrected chi connectivity index (χ2v) is 5.51. The molecular formula is C16H16Cl2FN. The zero-order valence-electron chi connectivity index (χ0n) is 11.2.